The highest BCUT2D eigenvalue weighted by atomic mass is 16.7. The van der Waals surface area contributed by atoms with E-state index in [1.165, 1.54) is 0 Å². The third kappa shape index (κ3) is 3.79. The van der Waals surface area contributed by atoms with Gasteiger partial charge in [-0.3, -0.25) is 4.79 Å². The van der Waals surface area contributed by atoms with Gasteiger partial charge in [-0.1, -0.05) is 64.4 Å². The molecule has 31 heavy (non-hydrogen) atoms. The van der Waals surface area contributed by atoms with Crippen molar-refractivity contribution < 1.29 is 19.4 Å². The molecule has 0 amide bonds. The van der Waals surface area contributed by atoms with Gasteiger partial charge in [-0.25, -0.2) is 0 Å². The van der Waals surface area contributed by atoms with Gasteiger partial charge < -0.3 is 14.6 Å². The van der Waals surface area contributed by atoms with Gasteiger partial charge in [0.05, 0.1) is 18.8 Å². The van der Waals surface area contributed by atoms with E-state index in [2.05, 4.69) is 39.8 Å². The molecule has 7 atom stereocenters. The second-order valence-electron chi connectivity index (χ2n) is 11.0. The highest BCUT2D eigenvalue weighted by Crippen LogP contribution is 2.66. The maximum absolute atomic E-state index is 13.2. The number of hydrogen-bond donors (Lipinski definition) is 1. The van der Waals surface area contributed by atoms with E-state index >= 15 is 0 Å². The molecule has 1 aromatic carbocycles. The smallest absolute Gasteiger partial charge is 0.147 e. The molecule has 3 aliphatic carbocycles. The number of ketones is 1. The molecule has 1 N–H and O–H groups in total. The molecule has 3 aliphatic rings. The highest BCUT2D eigenvalue weighted by Gasteiger charge is 2.65. The van der Waals surface area contributed by atoms with Crippen molar-refractivity contribution >= 4 is 5.78 Å². The van der Waals surface area contributed by atoms with Crippen LogP contribution in [0.2, 0.25) is 0 Å². The van der Waals surface area contributed by atoms with E-state index in [0.29, 0.717) is 25.2 Å². The zero-order chi connectivity index (χ0) is 22.3. The lowest BCUT2D eigenvalue weighted by Gasteiger charge is -2.60. The minimum absolute atomic E-state index is 0.0426. The molecule has 1 aromatic rings. The van der Waals surface area contributed by atoms with Crippen LogP contribution in [0.4, 0.5) is 0 Å². The Morgan fingerprint density at radius 1 is 1.13 bits per heavy atom. The summed E-state index contributed by atoms with van der Waals surface area (Å²) in [4.78, 5) is 13.2. The predicted octanol–water partition coefficient (Wildman–Crippen LogP) is 5.52. The summed E-state index contributed by atoms with van der Waals surface area (Å²) in [6.07, 6.45) is 5.77. The summed E-state index contributed by atoms with van der Waals surface area (Å²) < 4.78 is 12.4. The Balaban J connectivity index is 1.60. The Kier molecular flexibility index (Phi) is 6.37. The lowest BCUT2D eigenvalue weighted by molar-refractivity contribution is -0.217. The zero-order valence-corrected chi connectivity index (χ0v) is 19.7. The summed E-state index contributed by atoms with van der Waals surface area (Å²) in [5.41, 5.74) is 0.600. The predicted molar refractivity (Wildman–Crippen MR) is 121 cm³/mol. The van der Waals surface area contributed by atoms with Crippen LogP contribution in [0, 0.1) is 28.1 Å². The third-order valence-corrected chi connectivity index (χ3v) is 9.47. The minimum Gasteiger partial charge on any atom is -0.393 e. The molecule has 0 aliphatic heterocycles. The zero-order valence-electron chi connectivity index (χ0n) is 19.7. The fourth-order valence-electron chi connectivity index (χ4n) is 7.52. The number of aliphatic hydroxyl groups excluding tert-OH is 1. The maximum Gasteiger partial charge on any atom is 0.147 e. The van der Waals surface area contributed by atoms with Crippen LogP contribution in [-0.2, 0) is 20.9 Å². The van der Waals surface area contributed by atoms with Crippen LogP contribution in [0.15, 0.2) is 30.3 Å². The molecular formula is C27H40O4. The van der Waals surface area contributed by atoms with Crippen LogP contribution < -0.4 is 0 Å². The summed E-state index contributed by atoms with van der Waals surface area (Å²) in [5, 5.41) is 11.5. The number of carbonyl (C=O) groups is 1. The largest absolute Gasteiger partial charge is 0.393 e. The van der Waals surface area contributed by atoms with Gasteiger partial charge in [0.25, 0.3) is 0 Å². The first-order chi connectivity index (χ1) is 14.8. The molecule has 4 heteroatoms. The van der Waals surface area contributed by atoms with Crippen molar-refractivity contribution in [2.75, 3.05) is 6.79 Å². The van der Waals surface area contributed by atoms with Crippen molar-refractivity contribution in [1.82, 2.24) is 0 Å². The van der Waals surface area contributed by atoms with E-state index in [-0.39, 0.29) is 41.0 Å². The van der Waals surface area contributed by atoms with Gasteiger partial charge in [-0.15, -0.1) is 0 Å². The average molecular weight is 429 g/mol. The van der Waals surface area contributed by atoms with E-state index in [4.69, 9.17) is 9.47 Å². The fraction of sp³-hybridized carbons (Fsp3) is 0.741. The minimum atomic E-state index is -0.479. The van der Waals surface area contributed by atoms with E-state index in [1.54, 1.807) is 0 Å². The van der Waals surface area contributed by atoms with Crippen molar-refractivity contribution in [2.24, 2.45) is 28.1 Å². The number of Topliss-reactive ketones (excluding diaryl/α,β-unsaturated/α-hetero) is 1. The Bertz CT molecular complexity index is 779. The van der Waals surface area contributed by atoms with Gasteiger partial charge >= 0.3 is 0 Å². The van der Waals surface area contributed by atoms with Gasteiger partial charge in [0.1, 0.15) is 12.6 Å². The van der Waals surface area contributed by atoms with Gasteiger partial charge in [-0.2, -0.15) is 0 Å². The molecule has 0 aromatic heterocycles. The molecule has 4 nitrogen and oxygen atoms in total. The molecular weight excluding hydrogens is 388 g/mol. The quantitative estimate of drug-likeness (QED) is 0.479. The van der Waals surface area contributed by atoms with Gasteiger partial charge in [0, 0.05) is 17.8 Å². The standard InChI is InChI=1S/C27H40O4/c1-5-25(3)16-22(29)26(4)13-9-14-27(15-12-21(28)23(26)27)19(2)24(25)31-18-30-17-20-10-7-6-8-11-20/h6-8,10-11,19,22-24,29H,5,9,12-18H2,1-4H3/t19-,22-,23?,24?,25-,26+,27+/m1/s1. The number of carbonyl (C=O) groups excluding carboxylic acids is 1. The summed E-state index contributed by atoms with van der Waals surface area (Å²) >= 11 is 0. The first-order valence-corrected chi connectivity index (χ1v) is 12.2. The molecule has 0 radical (unpaired) electrons. The van der Waals surface area contributed by atoms with Crippen LogP contribution in [0.25, 0.3) is 0 Å². The molecule has 3 fully saturated rings. The number of benzene rings is 1. The van der Waals surface area contributed by atoms with Crippen LogP contribution in [-0.4, -0.2) is 29.9 Å². The second kappa shape index (κ2) is 8.61. The molecule has 2 bridgehead atoms. The number of aliphatic hydroxyl groups is 1. The van der Waals surface area contributed by atoms with E-state index < -0.39 is 6.10 Å². The molecule has 172 valence electrons. The molecule has 0 saturated heterocycles. The van der Waals surface area contributed by atoms with Gasteiger partial charge in [0.2, 0.25) is 0 Å². The third-order valence-electron chi connectivity index (χ3n) is 9.47. The molecule has 0 heterocycles. The number of hydrogen-bond acceptors (Lipinski definition) is 4. The van der Waals surface area contributed by atoms with Crippen LogP contribution in [0.1, 0.15) is 78.2 Å². The van der Waals surface area contributed by atoms with Gasteiger partial charge in [0.15, 0.2) is 0 Å². The Hall–Kier alpha value is -1.23. The molecule has 0 spiro atoms. The molecule has 4 rings (SSSR count). The monoisotopic (exact) mass is 428 g/mol. The molecule has 2 unspecified atom stereocenters. The number of rotatable bonds is 6. The summed E-state index contributed by atoms with van der Waals surface area (Å²) in [6.45, 7) is 9.73. The van der Waals surface area contributed by atoms with E-state index in [0.717, 1.165) is 37.7 Å². The summed E-state index contributed by atoms with van der Waals surface area (Å²) in [5.74, 6) is 0.574. The van der Waals surface area contributed by atoms with E-state index in [1.807, 2.05) is 18.2 Å². The first-order valence-electron chi connectivity index (χ1n) is 12.2. The maximum atomic E-state index is 13.2. The van der Waals surface area contributed by atoms with Crippen molar-refractivity contribution in [1.29, 1.82) is 0 Å². The highest BCUT2D eigenvalue weighted by molar-refractivity contribution is 5.85. The van der Waals surface area contributed by atoms with Crippen LogP contribution in [0.5, 0.6) is 0 Å². The Morgan fingerprint density at radius 3 is 2.58 bits per heavy atom. The lowest BCUT2D eigenvalue weighted by atomic mass is 9.46. The topological polar surface area (TPSA) is 55.8 Å². The van der Waals surface area contributed by atoms with Crippen molar-refractivity contribution in [3.63, 3.8) is 0 Å². The summed E-state index contributed by atoms with van der Waals surface area (Å²) in [6, 6.07) is 10.2. The van der Waals surface area contributed by atoms with Gasteiger partial charge in [-0.05, 0) is 54.4 Å². The first kappa shape index (κ1) is 22.9. The Morgan fingerprint density at radius 2 is 1.87 bits per heavy atom. The normalized spacial score (nSPS) is 42.7. The molecule has 3 saturated carbocycles. The average Bonchev–Trinajstić information content (AvgIpc) is 3.12. The van der Waals surface area contributed by atoms with Crippen LogP contribution in [0.3, 0.4) is 0 Å². The lowest BCUT2D eigenvalue weighted by Crippen LogP contribution is -2.60. The fourth-order valence-corrected chi connectivity index (χ4v) is 7.52. The van der Waals surface area contributed by atoms with Crippen molar-refractivity contribution in [3.05, 3.63) is 35.9 Å². The van der Waals surface area contributed by atoms with E-state index in [9.17, 15) is 9.90 Å². The second-order valence-corrected chi connectivity index (χ2v) is 11.0. The number of ether oxygens (including phenoxy) is 2. The summed E-state index contributed by atoms with van der Waals surface area (Å²) in [7, 11) is 0. The Labute approximate surface area is 187 Å². The SMILES string of the molecule is CC[C@]1(C)C[C@@H](O)[C@]2(C)CCC[C@]3(CCC(=O)C32)[C@H](C)C1OCOCc1ccccc1. The van der Waals surface area contributed by atoms with Crippen molar-refractivity contribution in [2.45, 2.75) is 91.5 Å². The van der Waals surface area contributed by atoms with Crippen molar-refractivity contribution in [3.8, 4) is 0 Å². The van der Waals surface area contributed by atoms with Crippen LogP contribution >= 0.6 is 0 Å².